The number of aliphatic carboxylic acids is 1. The zero-order chi connectivity index (χ0) is 18.4. The van der Waals surface area contributed by atoms with E-state index in [1.807, 2.05) is 43.5 Å². The molecule has 0 aliphatic rings. The maximum atomic E-state index is 12.2. The lowest BCUT2D eigenvalue weighted by molar-refractivity contribution is -0.143. The largest absolute Gasteiger partial charge is 0.497 e. The maximum Gasteiger partial charge on any atom is 0.326 e. The van der Waals surface area contributed by atoms with E-state index in [0.717, 1.165) is 16.3 Å². The Kier molecular flexibility index (Phi) is 6.52. The van der Waals surface area contributed by atoms with Gasteiger partial charge in [-0.2, -0.15) is 0 Å². The molecule has 2 rings (SSSR count). The fraction of sp³-hybridized carbons (Fsp3) is 0.389. The third kappa shape index (κ3) is 5.03. The summed E-state index contributed by atoms with van der Waals surface area (Å²) in [5.74, 6) is -0.748. The highest BCUT2D eigenvalue weighted by atomic mass is 32.1. The van der Waals surface area contributed by atoms with Gasteiger partial charge in [0.25, 0.3) is 0 Å². The van der Waals surface area contributed by atoms with Crippen LogP contribution < -0.4 is 10.1 Å². The Morgan fingerprint density at radius 1 is 1.40 bits per heavy atom. The first-order valence-electron chi connectivity index (χ1n) is 8.05. The number of nitrogens with zero attached hydrogens (tertiary/aromatic N) is 1. The highest BCUT2D eigenvalue weighted by Gasteiger charge is 2.25. The second-order valence-electron chi connectivity index (χ2n) is 5.82. The Morgan fingerprint density at radius 2 is 2.16 bits per heavy atom. The first-order chi connectivity index (χ1) is 11.9. The number of ether oxygens (including phenoxy) is 1. The smallest absolute Gasteiger partial charge is 0.326 e. The minimum absolute atomic E-state index is 0.0562. The molecule has 6 nitrogen and oxygen atoms in total. The van der Waals surface area contributed by atoms with Crippen LogP contribution in [0.15, 0.2) is 29.6 Å². The third-order valence-electron chi connectivity index (χ3n) is 4.01. The van der Waals surface area contributed by atoms with Crippen LogP contribution >= 0.6 is 11.3 Å². The molecule has 2 aromatic rings. The van der Waals surface area contributed by atoms with Gasteiger partial charge < -0.3 is 15.2 Å². The molecule has 134 valence electrons. The molecule has 7 heteroatoms. The van der Waals surface area contributed by atoms with Crippen molar-refractivity contribution in [3.8, 4) is 16.3 Å². The number of hydrogen-bond acceptors (Lipinski definition) is 5. The fourth-order valence-electron chi connectivity index (χ4n) is 2.35. The van der Waals surface area contributed by atoms with E-state index in [-0.39, 0.29) is 18.2 Å². The molecule has 2 atom stereocenters. The van der Waals surface area contributed by atoms with Gasteiger partial charge in [-0.05, 0) is 18.1 Å². The molecule has 0 bridgehead atoms. The van der Waals surface area contributed by atoms with Crippen molar-refractivity contribution in [1.29, 1.82) is 0 Å². The SMILES string of the molecule is CC[C@H](C)[C@H](NC(=O)Cc1csc(-c2cccc(OC)c2)n1)C(=O)O. The monoisotopic (exact) mass is 362 g/mol. The molecule has 1 amide bonds. The minimum atomic E-state index is -1.02. The van der Waals surface area contributed by atoms with E-state index >= 15 is 0 Å². The van der Waals surface area contributed by atoms with E-state index in [1.165, 1.54) is 11.3 Å². The van der Waals surface area contributed by atoms with E-state index in [2.05, 4.69) is 10.3 Å². The number of hydrogen-bond donors (Lipinski definition) is 2. The Hall–Kier alpha value is -2.41. The van der Waals surface area contributed by atoms with Gasteiger partial charge in [-0.15, -0.1) is 11.3 Å². The van der Waals surface area contributed by atoms with Crippen molar-refractivity contribution in [1.82, 2.24) is 10.3 Å². The number of rotatable bonds is 8. The molecule has 0 fully saturated rings. The second-order valence-corrected chi connectivity index (χ2v) is 6.68. The molecular formula is C18H22N2O4S. The summed E-state index contributed by atoms with van der Waals surface area (Å²) in [4.78, 5) is 27.9. The number of nitrogens with one attached hydrogen (secondary N) is 1. The summed E-state index contributed by atoms with van der Waals surface area (Å²) in [6, 6.07) is 6.66. The molecule has 25 heavy (non-hydrogen) atoms. The Bertz CT molecular complexity index is 744. The summed E-state index contributed by atoms with van der Waals surface area (Å²) >= 11 is 1.44. The molecule has 0 aliphatic heterocycles. The summed E-state index contributed by atoms with van der Waals surface area (Å²) in [5.41, 5.74) is 1.53. The van der Waals surface area contributed by atoms with Gasteiger partial charge in [0, 0.05) is 10.9 Å². The predicted octanol–water partition coefficient (Wildman–Crippen LogP) is 2.98. The molecule has 0 saturated carbocycles. The lowest BCUT2D eigenvalue weighted by atomic mass is 9.99. The normalized spacial score (nSPS) is 13.1. The van der Waals surface area contributed by atoms with Crippen molar-refractivity contribution in [3.63, 3.8) is 0 Å². The molecule has 0 aliphatic carbocycles. The van der Waals surface area contributed by atoms with Crippen LogP contribution in [-0.2, 0) is 16.0 Å². The number of carboxylic acid groups (broad SMARTS) is 1. The number of benzene rings is 1. The van der Waals surface area contributed by atoms with Crippen LogP contribution in [0, 0.1) is 5.92 Å². The number of aromatic nitrogens is 1. The summed E-state index contributed by atoms with van der Waals surface area (Å²) < 4.78 is 5.20. The molecule has 0 spiro atoms. The van der Waals surface area contributed by atoms with E-state index < -0.39 is 12.0 Å². The zero-order valence-corrected chi connectivity index (χ0v) is 15.3. The Labute approximate surface area is 150 Å². The molecule has 1 aromatic heterocycles. The predicted molar refractivity (Wildman–Crippen MR) is 96.8 cm³/mol. The second kappa shape index (κ2) is 8.62. The topological polar surface area (TPSA) is 88.5 Å². The van der Waals surface area contributed by atoms with Gasteiger partial charge in [-0.1, -0.05) is 32.4 Å². The maximum absolute atomic E-state index is 12.2. The first-order valence-corrected chi connectivity index (χ1v) is 8.93. The fourth-order valence-corrected chi connectivity index (χ4v) is 3.17. The van der Waals surface area contributed by atoms with Crippen LogP contribution in [0.5, 0.6) is 5.75 Å². The Morgan fingerprint density at radius 3 is 2.80 bits per heavy atom. The van der Waals surface area contributed by atoms with Gasteiger partial charge in [0.15, 0.2) is 0 Å². The number of carbonyl (C=O) groups excluding carboxylic acids is 1. The van der Waals surface area contributed by atoms with E-state index in [1.54, 1.807) is 7.11 Å². The van der Waals surface area contributed by atoms with Crippen molar-refractivity contribution in [2.75, 3.05) is 7.11 Å². The molecule has 0 saturated heterocycles. The average molecular weight is 362 g/mol. The Balaban J connectivity index is 2.05. The standard InChI is InChI=1S/C18H22N2O4S/c1-4-11(2)16(18(22)23)20-15(21)9-13-10-25-17(19-13)12-6-5-7-14(8-12)24-3/h5-8,10-11,16H,4,9H2,1-3H3,(H,20,21)(H,22,23)/t11-,16-/m0/s1. The number of carboxylic acids is 1. The highest BCUT2D eigenvalue weighted by Crippen LogP contribution is 2.27. The molecule has 2 N–H and O–H groups in total. The quantitative estimate of drug-likeness (QED) is 0.754. The summed E-state index contributed by atoms with van der Waals surface area (Å²) in [6.07, 6.45) is 0.731. The van der Waals surface area contributed by atoms with Crippen molar-refractivity contribution in [2.24, 2.45) is 5.92 Å². The molecule has 1 heterocycles. The number of carbonyl (C=O) groups is 2. The minimum Gasteiger partial charge on any atom is -0.497 e. The van der Waals surface area contributed by atoms with Crippen molar-refractivity contribution in [2.45, 2.75) is 32.7 Å². The van der Waals surface area contributed by atoms with Crippen LogP contribution in [0.4, 0.5) is 0 Å². The van der Waals surface area contributed by atoms with Crippen LogP contribution in [0.3, 0.4) is 0 Å². The first kappa shape index (κ1) is 18.9. The summed E-state index contributed by atoms with van der Waals surface area (Å²) in [5, 5.41) is 14.4. The van der Waals surface area contributed by atoms with Crippen molar-refractivity contribution in [3.05, 3.63) is 35.3 Å². The van der Waals surface area contributed by atoms with Crippen molar-refractivity contribution >= 4 is 23.2 Å². The van der Waals surface area contributed by atoms with Gasteiger partial charge in [-0.25, -0.2) is 9.78 Å². The van der Waals surface area contributed by atoms with Crippen LogP contribution in [0.25, 0.3) is 10.6 Å². The average Bonchev–Trinajstić information content (AvgIpc) is 3.07. The summed E-state index contributed by atoms with van der Waals surface area (Å²) in [6.45, 7) is 3.70. The van der Waals surface area contributed by atoms with Crippen LogP contribution in [0.1, 0.15) is 26.0 Å². The molecular weight excluding hydrogens is 340 g/mol. The highest BCUT2D eigenvalue weighted by molar-refractivity contribution is 7.13. The lowest BCUT2D eigenvalue weighted by Crippen LogP contribution is -2.45. The van der Waals surface area contributed by atoms with Gasteiger partial charge in [0.2, 0.25) is 5.91 Å². The van der Waals surface area contributed by atoms with Crippen molar-refractivity contribution < 1.29 is 19.4 Å². The number of amides is 1. The van der Waals surface area contributed by atoms with E-state index in [9.17, 15) is 14.7 Å². The van der Waals surface area contributed by atoms with Gasteiger partial charge >= 0.3 is 5.97 Å². The van der Waals surface area contributed by atoms with E-state index in [0.29, 0.717) is 12.1 Å². The lowest BCUT2D eigenvalue weighted by Gasteiger charge is -2.19. The number of thiazole rings is 1. The van der Waals surface area contributed by atoms with Gasteiger partial charge in [-0.3, -0.25) is 4.79 Å². The molecule has 1 aromatic carbocycles. The van der Waals surface area contributed by atoms with Crippen LogP contribution in [0.2, 0.25) is 0 Å². The van der Waals surface area contributed by atoms with Gasteiger partial charge in [0.1, 0.15) is 16.8 Å². The third-order valence-corrected chi connectivity index (χ3v) is 4.95. The zero-order valence-electron chi connectivity index (χ0n) is 14.5. The van der Waals surface area contributed by atoms with E-state index in [4.69, 9.17) is 4.74 Å². The summed E-state index contributed by atoms with van der Waals surface area (Å²) in [7, 11) is 1.60. The number of methoxy groups -OCH3 is 1. The van der Waals surface area contributed by atoms with Gasteiger partial charge in [0.05, 0.1) is 19.2 Å². The van der Waals surface area contributed by atoms with Crippen LogP contribution in [-0.4, -0.2) is 35.1 Å². The molecule has 0 unspecified atom stereocenters. The molecule has 0 radical (unpaired) electrons.